The molecule has 2 fully saturated rings. The molecule has 4 N–H and O–H groups in total. The minimum atomic E-state index is -1.11. The van der Waals surface area contributed by atoms with E-state index in [4.69, 9.17) is 10.5 Å². The Bertz CT molecular complexity index is 1140. The fraction of sp³-hybridized carbons (Fsp3) is 0.621. The number of hydrogen-bond acceptors (Lipinski definition) is 6. The van der Waals surface area contributed by atoms with E-state index in [1.807, 2.05) is 31.2 Å². The SMILES string of the molecule is CCCC(NC(=O)C1C2C(CN1C(=O)C(NC(=O)OC(C)C)C1Cc3ccccc3C1)C2(C)C)C(=O)C(N)=O. The molecule has 0 radical (unpaired) electrons. The molecule has 1 saturated carbocycles. The predicted octanol–water partition coefficient (Wildman–Crippen LogP) is 1.73. The van der Waals surface area contributed by atoms with Crippen LogP contribution in [0.3, 0.4) is 0 Å². The maximum Gasteiger partial charge on any atom is 0.408 e. The van der Waals surface area contributed by atoms with Crippen LogP contribution in [0.5, 0.6) is 0 Å². The molecule has 1 aromatic carbocycles. The van der Waals surface area contributed by atoms with Gasteiger partial charge in [-0.25, -0.2) is 4.79 Å². The number of benzene rings is 1. The number of fused-ring (bicyclic) bond motifs is 2. The molecule has 2 aliphatic carbocycles. The van der Waals surface area contributed by atoms with Gasteiger partial charge in [0, 0.05) is 6.54 Å². The van der Waals surface area contributed by atoms with E-state index in [0.29, 0.717) is 25.8 Å². The lowest BCUT2D eigenvalue weighted by atomic mass is 9.93. The summed E-state index contributed by atoms with van der Waals surface area (Å²) in [7, 11) is 0. The summed E-state index contributed by atoms with van der Waals surface area (Å²) >= 11 is 0. The smallest absolute Gasteiger partial charge is 0.408 e. The molecule has 1 aliphatic heterocycles. The third kappa shape index (κ3) is 5.65. The molecule has 1 aromatic rings. The van der Waals surface area contributed by atoms with Gasteiger partial charge in [-0.1, -0.05) is 51.5 Å². The topological polar surface area (TPSA) is 148 Å². The van der Waals surface area contributed by atoms with E-state index in [0.717, 1.165) is 11.1 Å². The predicted molar refractivity (Wildman–Crippen MR) is 143 cm³/mol. The number of nitrogens with one attached hydrogen (secondary N) is 2. The van der Waals surface area contributed by atoms with Gasteiger partial charge in [-0.3, -0.25) is 19.2 Å². The van der Waals surface area contributed by atoms with E-state index < -0.39 is 41.8 Å². The van der Waals surface area contributed by atoms with E-state index in [2.05, 4.69) is 24.5 Å². The highest BCUT2D eigenvalue weighted by Gasteiger charge is 2.69. The summed E-state index contributed by atoms with van der Waals surface area (Å²) in [6, 6.07) is 5.19. The lowest BCUT2D eigenvalue weighted by Gasteiger charge is -2.35. The summed E-state index contributed by atoms with van der Waals surface area (Å²) in [4.78, 5) is 66.1. The standard InChI is InChI=1S/C29H40N4O6/c1-6-9-20(24(34)25(30)35)31-26(36)23-21-19(29(21,4)5)14-33(23)27(37)22(32-28(38)39-15(2)3)18-12-16-10-7-8-11-17(16)13-18/h7-8,10-11,15,18-23H,6,9,12-14H2,1-5H3,(H2,30,35)(H,31,36)(H,32,38). The number of piperidine rings is 1. The summed E-state index contributed by atoms with van der Waals surface area (Å²) in [6.07, 6.45) is 1.00. The fourth-order valence-electron chi connectivity index (χ4n) is 6.56. The quantitative estimate of drug-likeness (QED) is 0.385. The van der Waals surface area contributed by atoms with E-state index in [9.17, 15) is 24.0 Å². The number of carbonyl (C=O) groups excluding carboxylic acids is 5. The van der Waals surface area contributed by atoms with Crippen molar-refractivity contribution in [3.8, 4) is 0 Å². The average Bonchev–Trinajstić information content (AvgIpc) is 3.24. The van der Waals surface area contributed by atoms with Crippen LogP contribution in [-0.2, 0) is 36.8 Å². The number of hydrogen-bond donors (Lipinski definition) is 3. The number of carbonyl (C=O) groups is 5. The Labute approximate surface area is 229 Å². The van der Waals surface area contributed by atoms with Gasteiger partial charge in [0.05, 0.1) is 12.1 Å². The van der Waals surface area contributed by atoms with Crippen LogP contribution in [-0.4, -0.2) is 65.3 Å². The van der Waals surface area contributed by atoms with E-state index in [1.165, 1.54) is 0 Å². The highest BCUT2D eigenvalue weighted by Crippen LogP contribution is 2.65. The molecular formula is C29H40N4O6. The van der Waals surface area contributed by atoms with Crippen LogP contribution in [0.2, 0.25) is 0 Å². The highest BCUT2D eigenvalue weighted by atomic mass is 16.6. The zero-order valence-electron chi connectivity index (χ0n) is 23.4. The average molecular weight is 541 g/mol. The molecule has 5 unspecified atom stereocenters. The number of alkyl carbamates (subject to hydrolysis) is 1. The van der Waals surface area contributed by atoms with Crippen molar-refractivity contribution in [2.24, 2.45) is 28.9 Å². The first-order valence-corrected chi connectivity index (χ1v) is 13.8. The first-order chi connectivity index (χ1) is 18.4. The summed E-state index contributed by atoms with van der Waals surface area (Å²) in [5, 5.41) is 5.52. The molecule has 4 amide bonds. The summed E-state index contributed by atoms with van der Waals surface area (Å²) in [5.74, 6) is -2.97. The number of primary amides is 1. The van der Waals surface area contributed by atoms with Crippen LogP contribution < -0.4 is 16.4 Å². The Morgan fingerprint density at radius 1 is 1.08 bits per heavy atom. The van der Waals surface area contributed by atoms with Crippen molar-refractivity contribution in [3.05, 3.63) is 35.4 Å². The van der Waals surface area contributed by atoms with Gasteiger partial charge in [0.1, 0.15) is 12.1 Å². The molecule has 1 saturated heterocycles. The van der Waals surface area contributed by atoms with E-state index >= 15 is 0 Å². The van der Waals surface area contributed by atoms with Crippen LogP contribution >= 0.6 is 0 Å². The Balaban J connectivity index is 1.60. The lowest BCUT2D eigenvalue weighted by molar-refractivity contribution is -0.144. The van der Waals surface area contributed by atoms with Crippen molar-refractivity contribution in [1.29, 1.82) is 0 Å². The summed E-state index contributed by atoms with van der Waals surface area (Å²) in [6.45, 7) is 9.80. The highest BCUT2D eigenvalue weighted by molar-refractivity contribution is 6.37. The van der Waals surface area contributed by atoms with Crippen LogP contribution in [0.1, 0.15) is 58.6 Å². The second kappa shape index (κ2) is 11.0. The molecule has 212 valence electrons. The zero-order chi connectivity index (χ0) is 28.6. The zero-order valence-corrected chi connectivity index (χ0v) is 23.4. The van der Waals surface area contributed by atoms with Crippen molar-refractivity contribution in [2.45, 2.75) is 84.5 Å². The molecule has 4 rings (SSSR count). The fourth-order valence-corrected chi connectivity index (χ4v) is 6.56. The van der Waals surface area contributed by atoms with Crippen molar-refractivity contribution in [2.75, 3.05) is 6.54 Å². The van der Waals surface area contributed by atoms with Gasteiger partial charge in [0.15, 0.2) is 0 Å². The maximum atomic E-state index is 14.2. The van der Waals surface area contributed by atoms with Gasteiger partial charge in [-0.2, -0.15) is 0 Å². The van der Waals surface area contributed by atoms with Gasteiger partial charge in [0.2, 0.25) is 17.6 Å². The first kappa shape index (κ1) is 28.6. The van der Waals surface area contributed by atoms with Gasteiger partial charge in [0.25, 0.3) is 5.91 Å². The van der Waals surface area contributed by atoms with Gasteiger partial charge in [-0.15, -0.1) is 0 Å². The summed E-state index contributed by atoms with van der Waals surface area (Å²) < 4.78 is 5.31. The molecule has 3 aliphatic rings. The molecule has 0 aromatic heterocycles. The normalized spacial score (nSPS) is 24.4. The Hall–Kier alpha value is -3.43. The van der Waals surface area contributed by atoms with Crippen LogP contribution in [0.15, 0.2) is 24.3 Å². The van der Waals surface area contributed by atoms with Crippen LogP contribution in [0.25, 0.3) is 0 Å². The third-order valence-electron chi connectivity index (χ3n) is 8.65. The molecule has 1 heterocycles. The van der Waals surface area contributed by atoms with Gasteiger partial charge in [-0.05, 0) is 67.4 Å². The van der Waals surface area contributed by atoms with E-state index in [1.54, 1.807) is 18.7 Å². The van der Waals surface area contributed by atoms with Gasteiger partial charge < -0.3 is 26.0 Å². The number of nitrogens with two attached hydrogens (primary N) is 1. The van der Waals surface area contributed by atoms with Crippen molar-refractivity contribution in [1.82, 2.24) is 15.5 Å². The molecule has 39 heavy (non-hydrogen) atoms. The lowest BCUT2D eigenvalue weighted by Crippen LogP contribution is -2.59. The monoisotopic (exact) mass is 540 g/mol. The van der Waals surface area contributed by atoms with Crippen molar-refractivity contribution >= 4 is 29.6 Å². The number of ketones is 1. The summed E-state index contributed by atoms with van der Waals surface area (Å²) in [5.41, 5.74) is 7.33. The number of amides is 4. The van der Waals surface area contributed by atoms with Crippen LogP contribution in [0, 0.1) is 23.2 Å². The molecular weight excluding hydrogens is 500 g/mol. The number of nitrogens with zero attached hydrogens (tertiary/aromatic N) is 1. The number of ether oxygens (including phenoxy) is 1. The Kier molecular flexibility index (Phi) is 8.04. The Morgan fingerprint density at radius 2 is 1.69 bits per heavy atom. The number of likely N-dealkylation sites (tertiary alicyclic amines) is 1. The molecule has 0 bridgehead atoms. The molecule has 0 spiro atoms. The minimum absolute atomic E-state index is 0.101. The van der Waals surface area contributed by atoms with E-state index in [-0.39, 0.29) is 41.6 Å². The molecule has 10 heteroatoms. The minimum Gasteiger partial charge on any atom is -0.447 e. The third-order valence-corrected chi connectivity index (χ3v) is 8.65. The van der Waals surface area contributed by atoms with Crippen molar-refractivity contribution in [3.63, 3.8) is 0 Å². The largest absolute Gasteiger partial charge is 0.447 e. The second-order valence-electron chi connectivity index (χ2n) is 12.0. The van der Waals surface area contributed by atoms with Crippen LogP contribution in [0.4, 0.5) is 4.79 Å². The first-order valence-electron chi connectivity index (χ1n) is 13.8. The number of rotatable bonds is 10. The maximum absolute atomic E-state index is 14.2. The van der Waals surface area contributed by atoms with Crippen molar-refractivity contribution < 1.29 is 28.7 Å². The number of Topliss-reactive ketones (excluding diaryl/α,β-unsaturated/α-hetero) is 1. The second-order valence-corrected chi connectivity index (χ2v) is 12.0. The molecule has 5 atom stereocenters. The molecule has 10 nitrogen and oxygen atoms in total. The van der Waals surface area contributed by atoms with Gasteiger partial charge >= 0.3 is 6.09 Å². The Morgan fingerprint density at radius 3 is 2.23 bits per heavy atom.